The second kappa shape index (κ2) is 8.11. The van der Waals surface area contributed by atoms with E-state index < -0.39 is 0 Å². The van der Waals surface area contributed by atoms with Crippen molar-refractivity contribution >= 4 is 23.2 Å². The number of carbonyl (C=O) groups is 2. The van der Waals surface area contributed by atoms with E-state index in [0.717, 1.165) is 25.2 Å². The maximum atomic E-state index is 12.2. The molecule has 3 rings (SSSR count). The van der Waals surface area contributed by atoms with Crippen LogP contribution in [-0.2, 0) is 14.3 Å². The van der Waals surface area contributed by atoms with Crippen molar-refractivity contribution in [3.63, 3.8) is 0 Å². The van der Waals surface area contributed by atoms with Gasteiger partial charge in [0.2, 0.25) is 5.91 Å². The van der Waals surface area contributed by atoms with Gasteiger partial charge in [-0.25, -0.2) is 5.01 Å². The van der Waals surface area contributed by atoms with E-state index in [2.05, 4.69) is 10.4 Å². The molecular formula is C18H23N3O4. The third-order valence-corrected chi connectivity index (χ3v) is 4.29. The summed E-state index contributed by atoms with van der Waals surface area (Å²) in [4.78, 5) is 23.6. The third kappa shape index (κ3) is 4.79. The van der Waals surface area contributed by atoms with Crippen LogP contribution >= 0.6 is 0 Å². The molecule has 0 aromatic heterocycles. The van der Waals surface area contributed by atoms with Gasteiger partial charge in [-0.3, -0.25) is 9.59 Å². The van der Waals surface area contributed by atoms with Gasteiger partial charge in [0.15, 0.2) is 0 Å². The normalized spacial score (nSPS) is 20.8. The van der Waals surface area contributed by atoms with Crippen LogP contribution in [0.3, 0.4) is 0 Å². The lowest BCUT2D eigenvalue weighted by atomic mass is 10.1. The number of amides is 2. The van der Waals surface area contributed by atoms with Crippen LogP contribution in [0.4, 0.5) is 5.69 Å². The van der Waals surface area contributed by atoms with E-state index in [-0.39, 0.29) is 17.9 Å². The fourth-order valence-corrected chi connectivity index (χ4v) is 2.80. The van der Waals surface area contributed by atoms with Crippen LogP contribution < -0.4 is 10.1 Å². The fourth-order valence-electron chi connectivity index (χ4n) is 2.80. The Kier molecular flexibility index (Phi) is 5.65. The lowest BCUT2D eigenvalue weighted by molar-refractivity contribution is -0.130. The number of hydrogen-bond acceptors (Lipinski definition) is 5. The summed E-state index contributed by atoms with van der Waals surface area (Å²) in [5.74, 6) is 0.371. The van der Waals surface area contributed by atoms with Gasteiger partial charge in [0, 0.05) is 32.2 Å². The molecular weight excluding hydrogens is 322 g/mol. The van der Waals surface area contributed by atoms with Gasteiger partial charge in [0.1, 0.15) is 18.1 Å². The van der Waals surface area contributed by atoms with Crippen molar-refractivity contribution in [3.05, 3.63) is 24.3 Å². The molecule has 2 aliphatic rings. The van der Waals surface area contributed by atoms with E-state index in [1.165, 1.54) is 11.4 Å². The Bertz CT molecular complexity index is 651. The third-order valence-electron chi connectivity index (χ3n) is 4.29. The minimum absolute atomic E-state index is 0.0833. The van der Waals surface area contributed by atoms with Crippen molar-refractivity contribution in [2.24, 2.45) is 5.10 Å². The Morgan fingerprint density at radius 2 is 2.12 bits per heavy atom. The molecule has 0 radical (unpaired) electrons. The van der Waals surface area contributed by atoms with E-state index >= 15 is 0 Å². The number of ether oxygens (including phenoxy) is 2. The minimum Gasteiger partial charge on any atom is -0.491 e. The molecule has 0 bridgehead atoms. The Balaban J connectivity index is 1.51. The lowest BCUT2D eigenvalue weighted by Gasteiger charge is -2.22. The number of hydrogen-bond donors (Lipinski definition) is 1. The van der Waals surface area contributed by atoms with Crippen LogP contribution in [-0.4, -0.2) is 48.9 Å². The topological polar surface area (TPSA) is 80.2 Å². The Morgan fingerprint density at radius 1 is 1.32 bits per heavy atom. The van der Waals surface area contributed by atoms with Crippen molar-refractivity contribution in [2.75, 3.05) is 25.6 Å². The van der Waals surface area contributed by atoms with Gasteiger partial charge in [-0.15, -0.1) is 0 Å². The summed E-state index contributed by atoms with van der Waals surface area (Å²) in [7, 11) is 1.55. The Labute approximate surface area is 147 Å². The highest BCUT2D eigenvalue weighted by Gasteiger charge is 2.22. The molecule has 1 aromatic rings. The fraction of sp³-hybridized carbons (Fsp3) is 0.500. The van der Waals surface area contributed by atoms with Crippen molar-refractivity contribution in [1.29, 1.82) is 0 Å². The highest BCUT2D eigenvalue weighted by molar-refractivity contribution is 6.43. The van der Waals surface area contributed by atoms with Gasteiger partial charge in [0.25, 0.3) is 5.91 Å². The molecule has 1 saturated heterocycles. The predicted molar refractivity (Wildman–Crippen MR) is 93.6 cm³/mol. The van der Waals surface area contributed by atoms with Crippen LogP contribution in [0.15, 0.2) is 29.4 Å². The quantitative estimate of drug-likeness (QED) is 0.887. The van der Waals surface area contributed by atoms with Gasteiger partial charge in [-0.2, -0.15) is 5.10 Å². The van der Waals surface area contributed by atoms with Crippen molar-refractivity contribution in [2.45, 2.75) is 38.2 Å². The maximum Gasteiger partial charge on any atom is 0.271 e. The first-order valence-electron chi connectivity index (χ1n) is 8.61. The van der Waals surface area contributed by atoms with Crippen molar-refractivity contribution in [3.8, 4) is 5.75 Å². The largest absolute Gasteiger partial charge is 0.491 e. The molecule has 7 heteroatoms. The highest BCUT2D eigenvalue weighted by atomic mass is 16.5. The standard InChI is InChI=1S/C18H23N3O4/c1-21-17(22)10-9-16(20-21)18(23)19-13-5-7-14(8-6-13)25-12-15-4-2-3-11-24-15/h5-8,15H,2-4,9-12H2,1H3,(H,19,23). The van der Waals surface area contributed by atoms with Crippen LogP contribution in [0.25, 0.3) is 0 Å². The highest BCUT2D eigenvalue weighted by Crippen LogP contribution is 2.19. The van der Waals surface area contributed by atoms with Gasteiger partial charge in [0.05, 0.1) is 6.10 Å². The molecule has 1 unspecified atom stereocenters. The van der Waals surface area contributed by atoms with Gasteiger partial charge < -0.3 is 14.8 Å². The average molecular weight is 345 g/mol. The first-order valence-corrected chi connectivity index (χ1v) is 8.61. The molecule has 134 valence electrons. The van der Waals surface area contributed by atoms with Gasteiger partial charge >= 0.3 is 0 Å². The molecule has 25 heavy (non-hydrogen) atoms. The first-order chi connectivity index (χ1) is 12.1. The molecule has 1 aromatic carbocycles. The SMILES string of the molecule is CN1N=C(C(=O)Nc2ccc(OCC3CCCCO3)cc2)CCC1=O. The Hall–Kier alpha value is -2.41. The minimum atomic E-state index is -0.288. The lowest BCUT2D eigenvalue weighted by Crippen LogP contribution is -2.34. The van der Waals surface area contributed by atoms with Crippen LogP contribution in [0, 0.1) is 0 Å². The number of nitrogens with zero attached hydrogens (tertiary/aromatic N) is 2. The van der Waals surface area contributed by atoms with Crippen molar-refractivity contribution < 1.29 is 19.1 Å². The zero-order valence-corrected chi connectivity index (χ0v) is 14.4. The number of anilines is 1. The van der Waals surface area contributed by atoms with Gasteiger partial charge in [-0.05, 0) is 43.5 Å². The molecule has 1 N–H and O–H groups in total. The molecule has 0 spiro atoms. The number of carbonyl (C=O) groups excluding carboxylic acids is 2. The van der Waals surface area contributed by atoms with E-state index in [0.29, 0.717) is 30.8 Å². The number of benzene rings is 1. The monoisotopic (exact) mass is 345 g/mol. The van der Waals surface area contributed by atoms with E-state index in [9.17, 15) is 9.59 Å². The van der Waals surface area contributed by atoms with Gasteiger partial charge in [-0.1, -0.05) is 0 Å². The second-order valence-corrected chi connectivity index (χ2v) is 6.24. The summed E-state index contributed by atoms with van der Waals surface area (Å²) in [6.07, 6.45) is 4.17. The molecule has 0 saturated carbocycles. The summed E-state index contributed by atoms with van der Waals surface area (Å²) >= 11 is 0. The zero-order chi connectivity index (χ0) is 17.6. The molecule has 2 aliphatic heterocycles. The summed E-state index contributed by atoms with van der Waals surface area (Å²) in [5.41, 5.74) is 1.02. The molecule has 2 heterocycles. The summed E-state index contributed by atoms with van der Waals surface area (Å²) in [6.45, 7) is 1.35. The van der Waals surface area contributed by atoms with E-state index in [4.69, 9.17) is 9.47 Å². The summed E-state index contributed by atoms with van der Waals surface area (Å²) < 4.78 is 11.4. The zero-order valence-electron chi connectivity index (χ0n) is 14.4. The van der Waals surface area contributed by atoms with E-state index in [1.54, 1.807) is 19.2 Å². The van der Waals surface area contributed by atoms with Crippen LogP contribution in [0.1, 0.15) is 32.1 Å². The molecule has 1 atom stereocenters. The summed E-state index contributed by atoms with van der Waals surface area (Å²) in [5, 5.41) is 8.01. The van der Waals surface area contributed by atoms with Crippen LogP contribution in [0.5, 0.6) is 5.75 Å². The van der Waals surface area contributed by atoms with Crippen LogP contribution in [0.2, 0.25) is 0 Å². The maximum absolute atomic E-state index is 12.2. The van der Waals surface area contributed by atoms with Crippen molar-refractivity contribution in [1.82, 2.24) is 5.01 Å². The summed E-state index contributed by atoms with van der Waals surface area (Å²) in [6, 6.07) is 7.20. The number of nitrogens with one attached hydrogen (secondary N) is 1. The smallest absolute Gasteiger partial charge is 0.271 e. The van der Waals surface area contributed by atoms with E-state index in [1.807, 2.05) is 12.1 Å². The predicted octanol–water partition coefficient (Wildman–Crippen LogP) is 2.18. The number of rotatable bonds is 5. The molecule has 7 nitrogen and oxygen atoms in total. The Morgan fingerprint density at radius 3 is 2.80 bits per heavy atom. The molecule has 2 amide bonds. The second-order valence-electron chi connectivity index (χ2n) is 6.24. The average Bonchev–Trinajstić information content (AvgIpc) is 2.64. The number of hydrazone groups is 1. The molecule has 0 aliphatic carbocycles. The molecule has 1 fully saturated rings. The first kappa shape index (κ1) is 17.4.